The molecule has 4 rings (SSSR count). The van der Waals surface area contributed by atoms with Gasteiger partial charge in [-0.3, -0.25) is 24.8 Å². The van der Waals surface area contributed by atoms with Gasteiger partial charge in [0.1, 0.15) is 29.2 Å². The number of methoxy groups -OCH3 is 1. The third kappa shape index (κ3) is 6.39. The molecule has 0 aliphatic carbocycles. The highest BCUT2D eigenvalue weighted by molar-refractivity contribution is 7.99. The van der Waals surface area contributed by atoms with E-state index in [9.17, 15) is 20.2 Å². The zero-order valence-corrected chi connectivity index (χ0v) is 21.9. The van der Waals surface area contributed by atoms with Crippen LogP contribution in [0, 0.1) is 27.2 Å². The Labute approximate surface area is 226 Å². The number of non-ortho nitro benzene ring substituents is 1. The SMILES string of the molecule is COc1ccc(-n2c(C)nnc2S[C@@H](C[N+](=O)[O-])c2ccc(OCc3cccc([N+](=O)[O-])c3)c(Cl)c2)cc1. The Bertz CT molecular complexity index is 1460. The number of nitro benzene ring substituents is 1. The van der Waals surface area contributed by atoms with E-state index in [1.165, 1.54) is 23.9 Å². The molecule has 0 bridgehead atoms. The summed E-state index contributed by atoms with van der Waals surface area (Å²) in [5.74, 6) is 1.67. The average Bonchev–Trinajstić information content (AvgIpc) is 3.27. The van der Waals surface area contributed by atoms with Crippen molar-refractivity contribution in [3.05, 3.63) is 109 Å². The quantitative estimate of drug-likeness (QED) is 0.127. The smallest absolute Gasteiger partial charge is 0.269 e. The normalized spacial score (nSPS) is 11.7. The molecule has 13 heteroatoms. The van der Waals surface area contributed by atoms with Gasteiger partial charge in [0.15, 0.2) is 5.16 Å². The zero-order valence-electron chi connectivity index (χ0n) is 20.3. The molecular formula is C25H22ClN5O6S. The molecule has 0 amide bonds. The molecule has 3 aromatic carbocycles. The number of hydrogen-bond donors (Lipinski definition) is 0. The van der Waals surface area contributed by atoms with Crippen LogP contribution >= 0.6 is 23.4 Å². The minimum Gasteiger partial charge on any atom is -0.497 e. The van der Waals surface area contributed by atoms with Gasteiger partial charge in [-0.05, 0) is 54.4 Å². The molecule has 0 saturated heterocycles. The Balaban J connectivity index is 1.55. The van der Waals surface area contributed by atoms with E-state index >= 15 is 0 Å². The van der Waals surface area contributed by atoms with E-state index in [1.807, 2.05) is 28.8 Å². The maximum atomic E-state index is 11.5. The summed E-state index contributed by atoms with van der Waals surface area (Å²) in [5, 5.41) is 31.1. The van der Waals surface area contributed by atoms with Gasteiger partial charge in [-0.25, -0.2) is 0 Å². The number of halogens is 1. The van der Waals surface area contributed by atoms with Crippen molar-refractivity contribution in [2.75, 3.05) is 13.7 Å². The van der Waals surface area contributed by atoms with Crippen LogP contribution in [0.5, 0.6) is 11.5 Å². The van der Waals surface area contributed by atoms with E-state index in [1.54, 1.807) is 44.4 Å². The van der Waals surface area contributed by atoms with E-state index in [-0.39, 0.29) is 28.8 Å². The van der Waals surface area contributed by atoms with E-state index in [2.05, 4.69) is 10.2 Å². The lowest BCUT2D eigenvalue weighted by molar-refractivity contribution is -0.479. The summed E-state index contributed by atoms with van der Waals surface area (Å²) in [4.78, 5) is 21.7. The standard InChI is InChI=1S/C25H22ClN5O6S/c1-16-27-28-25(30(16)19-7-9-21(36-2)10-8-19)38-24(14-29(32)33)18-6-11-23(22(26)13-18)37-15-17-4-3-5-20(12-17)31(34)35/h3-13,24H,14-15H2,1-2H3/t24-/m0/s1. The molecule has 0 aliphatic heterocycles. The van der Waals surface area contributed by atoms with Crippen molar-refractivity contribution in [1.29, 1.82) is 0 Å². The highest BCUT2D eigenvalue weighted by Crippen LogP contribution is 2.39. The molecule has 0 fully saturated rings. The van der Waals surface area contributed by atoms with Crippen LogP contribution in [0.2, 0.25) is 5.02 Å². The molecule has 196 valence electrons. The number of benzene rings is 3. The number of nitro groups is 2. The summed E-state index contributed by atoms with van der Waals surface area (Å²) in [6.45, 7) is 1.50. The first kappa shape index (κ1) is 26.9. The maximum absolute atomic E-state index is 11.5. The van der Waals surface area contributed by atoms with Gasteiger partial charge in [-0.15, -0.1) is 10.2 Å². The van der Waals surface area contributed by atoms with Crippen LogP contribution in [-0.2, 0) is 6.61 Å². The largest absolute Gasteiger partial charge is 0.497 e. The van der Waals surface area contributed by atoms with Crippen molar-refractivity contribution in [3.63, 3.8) is 0 Å². The molecule has 0 N–H and O–H groups in total. The fourth-order valence-corrected chi connectivity index (χ4v) is 5.08. The van der Waals surface area contributed by atoms with Gasteiger partial charge in [0.05, 0.1) is 17.1 Å². The van der Waals surface area contributed by atoms with Gasteiger partial charge in [0.2, 0.25) is 6.54 Å². The van der Waals surface area contributed by atoms with Crippen LogP contribution < -0.4 is 9.47 Å². The molecule has 38 heavy (non-hydrogen) atoms. The molecule has 0 unspecified atom stereocenters. The number of nitrogens with zero attached hydrogens (tertiary/aromatic N) is 5. The molecular weight excluding hydrogens is 534 g/mol. The second-order valence-corrected chi connectivity index (χ2v) is 9.67. The third-order valence-corrected chi connectivity index (χ3v) is 7.01. The van der Waals surface area contributed by atoms with Gasteiger partial charge >= 0.3 is 0 Å². The first-order chi connectivity index (χ1) is 18.2. The number of aryl methyl sites for hydroxylation is 1. The predicted molar refractivity (Wildman–Crippen MR) is 142 cm³/mol. The summed E-state index contributed by atoms with van der Waals surface area (Å²) in [6, 6.07) is 18.4. The topological polar surface area (TPSA) is 135 Å². The molecule has 0 spiro atoms. The van der Waals surface area contributed by atoms with Crippen molar-refractivity contribution in [2.45, 2.75) is 23.9 Å². The third-order valence-electron chi connectivity index (χ3n) is 5.53. The Kier molecular flexibility index (Phi) is 8.44. The van der Waals surface area contributed by atoms with Crippen molar-refractivity contribution in [2.24, 2.45) is 0 Å². The first-order valence-electron chi connectivity index (χ1n) is 11.3. The molecule has 0 saturated carbocycles. The zero-order chi connectivity index (χ0) is 27.2. The monoisotopic (exact) mass is 555 g/mol. The second kappa shape index (κ2) is 11.9. The Morgan fingerprint density at radius 2 is 1.82 bits per heavy atom. The minimum absolute atomic E-state index is 0.0371. The number of aromatic nitrogens is 3. The van der Waals surface area contributed by atoms with Crippen LogP contribution in [0.25, 0.3) is 5.69 Å². The first-order valence-corrected chi connectivity index (χ1v) is 12.5. The molecule has 11 nitrogen and oxygen atoms in total. The fraction of sp³-hybridized carbons (Fsp3) is 0.200. The van der Waals surface area contributed by atoms with Gasteiger partial charge in [-0.1, -0.05) is 41.6 Å². The summed E-state index contributed by atoms with van der Waals surface area (Å²) in [5.41, 5.74) is 1.97. The van der Waals surface area contributed by atoms with Crippen molar-refractivity contribution < 1.29 is 19.3 Å². The second-order valence-electron chi connectivity index (χ2n) is 8.09. The number of rotatable bonds is 11. The molecule has 4 aromatic rings. The summed E-state index contributed by atoms with van der Waals surface area (Å²) >= 11 is 7.67. The number of hydrogen-bond acceptors (Lipinski definition) is 9. The van der Waals surface area contributed by atoms with Crippen molar-refractivity contribution >= 4 is 29.1 Å². The van der Waals surface area contributed by atoms with Gasteiger partial charge in [-0.2, -0.15) is 0 Å². The molecule has 1 atom stereocenters. The van der Waals surface area contributed by atoms with E-state index in [4.69, 9.17) is 21.1 Å². The maximum Gasteiger partial charge on any atom is 0.269 e. The minimum atomic E-state index is -0.617. The average molecular weight is 556 g/mol. The van der Waals surface area contributed by atoms with Gasteiger partial charge < -0.3 is 9.47 Å². The molecule has 1 aromatic heterocycles. The van der Waals surface area contributed by atoms with Crippen LogP contribution in [0.4, 0.5) is 5.69 Å². The summed E-state index contributed by atoms with van der Waals surface area (Å²) < 4.78 is 12.8. The van der Waals surface area contributed by atoms with Crippen molar-refractivity contribution in [1.82, 2.24) is 14.8 Å². The van der Waals surface area contributed by atoms with E-state index in [0.29, 0.717) is 33.6 Å². The van der Waals surface area contributed by atoms with Gasteiger partial charge in [0, 0.05) is 22.7 Å². The van der Waals surface area contributed by atoms with Crippen molar-refractivity contribution in [3.8, 4) is 17.2 Å². The Morgan fingerprint density at radius 3 is 2.47 bits per heavy atom. The lowest BCUT2D eigenvalue weighted by Gasteiger charge is -2.16. The highest BCUT2D eigenvalue weighted by atomic mass is 35.5. The fourth-order valence-electron chi connectivity index (χ4n) is 3.68. The Morgan fingerprint density at radius 1 is 1.05 bits per heavy atom. The summed E-state index contributed by atoms with van der Waals surface area (Å²) in [7, 11) is 1.58. The van der Waals surface area contributed by atoms with E-state index in [0.717, 1.165) is 5.69 Å². The Hall–Kier alpha value is -4.16. The van der Waals surface area contributed by atoms with Crippen LogP contribution in [-0.4, -0.2) is 38.3 Å². The predicted octanol–water partition coefficient (Wildman–Crippen LogP) is 5.84. The number of thioether (sulfide) groups is 1. The van der Waals surface area contributed by atoms with Crippen LogP contribution in [0.1, 0.15) is 22.2 Å². The van der Waals surface area contributed by atoms with Crippen LogP contribution in [0.3, 0.4) is 0 Å². The molecule has 0 radical (unpaired) electrons. The molecule has 0 aliphatic rings. The van der Waals surface area contributed by atoms with E-state index < -0.39 is 10.2 Å². The summed E-state index contributed by atoms with van der Waals surface area (Å²) in [6.07, 6.45) is 0. The molecule has 1 heterocycles. The highest BCUT2D eigenvalue weighted by Gasteiger charge is 2.25. The lowest BCUT2D eigenvalue weighted by Crippen LogP contribution is -2.11. The lowest BCUT2D eigenvalue weighted by atomic mass is 10.1. The van der Waals surface area contributed by atoms with Gasteiger partial charge in [0.25, 0.3) is 5.69 Å². The van der Waals surface area contributed by atoms with Crippen LogP contribution in [0.15, 0.2) is 71.9 Å². The number of ether oxygens (including phenoxy) is 2.